The van der Waals surface area contributed by atoms with Crippen LogP contribution in [0.1, 0.15) is 10.4 Å². The zero-order chi connectivity index (χ0) is 12.1. The number of alkyl halides is 1. The molecule has 1 nitrogen and oxygen atoms in total. The van der Waals surface area contributed by atoms with Crippen LogP contribution in [-0.4, -0.2) is 10.3 Å². The highest BCUT2D eigenvalue weighted by molar-refractivity contribution is 9.10. The molecule has 1 heterocycles. The molecule has 2 rings (SSSR count). The SMILES string of the molecule is BrCC(Cc1cncs1)Cc1ccccc1Br. The number of rotatable bonds is 5. The summed E-state index contributed by atoms with van der Waals surface area (Å²) in [5.41, 5.74) is 3.28. The van der Waals surface area contributed by atoms with Gasteiger partial charge in [0.25, 0.3) is 0 Å². The summed E-state index contributed by atoms with van der Waals surface area (Å²) in [5.74, 6) is 0.620. The van der Waals surface area contributed by atoms with Gasteiger partial charge in [-0.1, -0.05) is 50.1 Å². The molecule has 0 bridgehead atoms. The van der Waals surface area contributed by atoms with Crippen molar-refractivity contribution < 1.29 is 0 Å². The van der Waals surface area contributed by atoms with Crippen molar-refractivity contribution in [1.29, 1.82) is 0 Å². The van der Waals surface area contributed by atoms with Crippen LogP contribution in [0, 0.1) is 5.92 Å². The highest BCUT2D eigenvalue weighted by atomic mass is 79.9. The minimum atomic E-state index is 0.620. The Kier molecular flexibility index (Phi) is 5.19. The molecule has 0 amide bonds. The highest BCUT2D eigenvalue weighted by Crippen LogP contribution is 2.23. The van der Waals surface area contributed by atoms with Crippen LogP contribution in [0.4, 0.5) is 0 Å². The van der Waals surface area contributed by atoms with E-state index in [9.17, 15) is 0 Å². The number of aromatic nitrogens is 1. The smallest absolute Gasteiger partial charge is 0.0794 e. The van der Waals surface area contributed by atoms with Gasteiger partial charge in [-0.15, -0.1) is 11.3 Å². The lowest BCUT2D eigenvalue weighted by atomic mass is 9.98. The van der Waals surface area contributed by atoms with Crippen molar-refractivity contribution in [1.82, 2.24) is 4.98 Å². The summed E-state index contributed by atoms with van der Waals surface area (Å²) < 4.78 is 1.20. The highest BCUT2D eigenvalue weighted by Gasteiger charge is 2.12. The van der Waals surface area contributed by atoms with Crippen LogP contribution in [0.25, 0.3) is 0 Å². The first-order chi connectivity index (χ1) is 8.29. The van der Waals surface area contributed by atoms with Gasteiger partial charge in [0.15, 0.2) is 0 Å². The Morgan fingerprint density at radius 3 is 2.71 bits per heavy atom. The lowest BCUT2D eigenvalue weighted by Crippen LogP contribution is -2.09. The van der Waals surface area contributed by atoms with Crippen LogP contribution in [0.3, 0.4) is 0 Å². The predicted molar refractivity (Wildman–Crippen MR) is 80.9 cm³/mol. The van der Waals surface area contributed by atoms with Crippen molar-refractivity contribution in [3.05, 3.63) is 50.9 Å². The first-order valence-corrected chi connectivity index (χ1v) is 8.25. The monoisotopic (exact) mass is 373 g/mol. The molecule has 1 aromatic heterocycles. The van der Waals surface area contributed by atoms with Crippen molar-refractivity contribution in [2.24, 2.45) is 5.92 Å². The maximum absolute atomic E-state index is 4.13. The summed E-state index contributed by atoms with van der Waals surface area (Å²) in [7, 11) is 0. The Labute approximate surface area is 123 Å². The Balaban J connectivity index is 2.03. The number of thiazole rings is 1. The molecular formula is C13H13Br2NS. The second-order valence-electron chi connectivity index (χ2n) is 3.99. The fraction of sp³-hybridized carbons (Fsp3) is 0.308. The third-order valence-electron chi connectivity index (χ3n) is 2.66. The summed E-state index contributed by atoms with van der Waals surface area (Å²) >= 11 is 8.96. The van der Waals surface area contributed by atoms with Crippen LogP contribution in [0.5, 0.6) is 0 Å². The molecule has 0 spiro atoms. The van der Waals surface area contributed by atoms with Crippen LogP contribution >= 0.6 is 43.2 Å². The topological polar surface area (TPSA) is 12.9 Å². The van der Waals surface area contributed by atoms with E-state index in [2.05, 4.69) is 61.1 Å². The normalized spacial score (nSPS) is 12.6. The second-order valence-corrected chi connectivity index (χ2v) is 6.46. The number of benzene rings is 1. The third kappa shape index (κ3) is 3.90. The Morgan fingerprint density at radius 2 is 2.06 bits per heavy atom. The van der Waals surface area contributed by atoms with E-state index in [0.717, 1.165) is 18.2 Å². The number of hydrogen-bond donors (Lipinski definition) is 0. The van der Waals surface area contributed by atoms with E-state index in [-0.39, 0.29) is 0 Å². The molecule has 90 valence electrons. The molecule has 0 aliphatic carbocycles. The Bertz CT molecular complexity index is 456. The van der Waals surface area contributed by atoms with E-state index in [1.807, 2.05) is 11.7 Å². The van der Waals surface area contributed by atoms with Crippen LogP contribution in [-0.2, 0) is 12.8 Å². The summed E-state index contributed by atoms with van der Waals surface area (Å²) in [5, 5.41) is 1.02. The largest absolute Gasteiger partial charge is 0.253 e. The quantitative estimate of drug-likeness (QED) is 0.691. The maximum atomic E-state index is 4.13. The van der Waals surface area contributed by atoms with E-state index >= 15 is 0 Å². The van der Waals surface area contributed by atoms with Crippen molar-refractivity contribution in [2.75, 3.05) is 5.33 Å². The van der Waals surface area contributed by atoms with E-state index in [0.29, 0.717) is 5.92 Å². The number of halogens is 2. The van der Waals surface area contributed by atoms with Gasteiger partial charge in [0, 0.05) is 20.9 Å². The molecule has 1 unspecified atom stereocenters. The van der Waals surface area contributed by atoms with Crippen LogP contribution in [0.15, 0.2) is 40.4 Å². The lowest BCUT2D eigenvalue weighted by Gasteiger charge is -2.13. The van der Waals surface area contributed by atoms with Crippen LogP contribution in [0.2, 0.25) is 0 Å². The van der Waals surface area contributed by atoms with Gasteiger partial charge in [-0.25, -0.2) is 0 Å². The van der Waals surface area contributed by atoms with Gasteiger partial charge in [-0.3, -0.25) is 4.98 Å². The number of nitrogens with zero attached hydrogens (tertiary/aromatic N) is 1. The summed E-state index contributed by atoms with van der Waals surface area (Å²) in [6.45, 7) is 0. The predicted octanol–water partition coefficient (Wildman–Crippen LogP) is 4.70. The van der Waals surface area contributed by atoms with Crippen LogP contribution < -0.4 is 0 Å². The molecule has 17 heavy (non-hydrogen) atoms. The van der Waals surface area contributed by atoms with Gasteiger partial charge >= 0.3 is 0 Å². The van der Waals surface area contributed by atoms with Crippen molar-refractivity contribution >= 4 is 43.2 Å². The first kappa shape index (κ1) is 13.2. The molecule has 0 N–H and O–H groups in total. The van der Waals surface area contributed by atoms with Gasteiger partial charge in [0.2, 0.25) is 0 Å². The van der Waals surface area contributed by atoms with Gasteiger partial charge in [0.1, 0.15) is 0 Å². The van der Waals surface area contributed by atoms with E-state index in [1.165, 1.54) is 14.9 Å². The minimum Gasteiger partial charge on any atom is -0.253 e. The molecule has 0 saturated heterocycles. The Hall–Kier alpha value is -0.190. The maximum Gasteiger partial charge on any atom is 0.0794 e. The third-order valence-corrected chi connectivity index (χ3v) is 5.15. The van der Waals surface area contributed by atoms with Crippen molar-refractivity contribution in [2.45, 2.75) is 12.8 Å². The molecule has 0 aliphatic rings. The summed E-state index contributed by atoms with van der Waals surface area (Å²) in [4.78, 5) is 5.49. The van der Waals surface area contributed by atoms with Gasteiger partial charge in [0.05, 0.1) is 5.51 Å². The molecule has 0 aliphatic heterocycles. The van der Waals surface area contributed by atoms with E-state index in [1.54, 1.807) is 11.3 Å². The zero-order valence-electron chi connectivity index (χ0n) is 9.27. The second kappa shape index (κ2) is 6.66. The minimum absolute atomic E-state index is 0.620. The average Bonchev–Trinajstić information content (AvgIpc) is 2.84. The molecule has 0 saturated carbocycles. The summed E-state index contributed by atoms with van der Waals surface area (Å²) in [6.07, 6.45) is 4.15. The van der Waals surface area contributed by atoms with Crippen molar-refractivity contribution in [3.8, 4) is 0 Å². The standard InChI is InChI=1S/C13H13Br2NS/c14-7-10(6-12-8-16-9-17-12)5-11-3-1-2-4-13(11)15/h1-4,8-10H,5-7H2. The molecule has 1 atom stereocenters. The average molecular weight is 375 g/mol. The molecular weight excluding hydrogens is 362 g/mol. The summed E-state index contributed by atoms with van der Waals surface area (Å²) in [6, 6.07) is 8.44. The fourth-order valence-corrected chi connectivity index (χ4v) is 3.40. The molecule has 4 heteroatoms. The van der Waals surface area contributed by atoms with E-state index < -0.39 is 0 Å². The lowest BCUT2D eigenvalue weighted by molar-refractivity contribution is 0.595. The zero-order valence-corrected chi connectivity index (χ0v) is 13.3. The first-order valence-electron chi connectivity index (χ1n) is 5.46. The molecule has 0 fully saturated rings. The molecule has 2 aromatic rings. The van der Waals surface area contributed by atoms with Crippen molar-refractivity contribution in [3.63, 3.8) is 0 Å². The molecule has 1 aromatic carbocycles. The van der Waals surface area contributed by atoms with Gasteiger partial charge in [-0.05, 0) is 30.4 Å². The van der Waals surface area contributed by atoms with Gasteiger partial charge < -0.3 is 0 Å². The van der Waals surface area contributed by atoms with Gasteiger partial charge in [-0.2, -0.15) is 0 Å². The Morgan fingerprint density at radius 1 is 1.24 bits per heavy atom. The fourth-order valence-electron chi connectivity index (χ4n) is 1.78. The molecule has 0 radical (unpaired) electrons. The van der Waals surface area contributed by atoms with E-state index in [4.69, 9.17) is 0 Å². The number of hydrogen-bond acceptors (Lipinski definition) is 2.